The van der Waals surface area contributed by atoms with Gasteiger partial charge in [0.1, 0.15) is 17.3 Å². The fourth-order valence-corrected chi connectivity index (χ4v) is 6.02. The van der Waals surface area contributed by atoms with Gasteiger partial charge in [0.05, 0.1) is 16.8 Å². The highest BCUT2D eigenvalue weighted by Gasteiger charge is 2.32. The van der Waals surface area contributed by atoms with Crippen LogP contribution in [-0.4, -0.2) is 44.4 Å². The van der Waals surface area contributed by atoms with E-state index in [0.717, 1.165) is 25.7 Å². The minimum Gasteiger partial charge on any atom is -0.489 e. The number of benzene rings is 2. The molecule has 2 aromatic carbocycles. The number of hydrogen-bond acceptors (Lipinski definition) is 4. The highest BCUT2D eigenvalue weighted by atomic mass is 35.5. The molecule has 0 N–H and O–H groups in total. The van der Waals surface area contributed by atoms with E-state index in [1.165, 1.54) is 16.4 Å². The number of rotatable bonds is 3. The Labute approximate surface area is 182 Å². The number of sulfonamides is 1. The summed E-state index contributed by atoms with van der Waals surface area (Å²) >= 11 is 6.29. The molecular formula is C22H25ClN2O4S. The van der Waals surface area contributed by atoms with E-state index in [2.05, 4.69) is 0 Å². The molecule has 6 nitrogen and oxygen atoms in total. The van der Waals surface area contributed by atoms with Gasteiger partial charge in [0.2, 0.25) is 10.0 Å². The molecule has 1 unspecified atom stereocenters. The topological polar surface area (TPSA) is 66.9 Å². The first-order valence-corrected chi connectivity index (χ1v) is 12.1. The van der Waals surface area contributed by atoms with Crippen LogP contribution in [0.3, 0.4) is 0 Å². The van der Waals surface area contributed by atoms with Crippen LogP contribution < -0.4 is 9.64 Å². The second-order valence-electron chi connectivity index (χ2n) is 7.77. The summed E-state index contributed by atoms with van der Waals surface area (Å²) in [5, 5.41) is 0.131. The van der Waals surface area contributed by atoms with Gasteiger partial charge in [-0.1, -0.05) is 36.6 Å². The van der Waals surface area contributed by atoms with E-state index in [4.69, 9.17) is 16.3 Å². The average molecular weight is 449 g/mol. The second kappa shape index (κ2) is 8.57. The van der Waals surface area contributed by atoms with E-state index in [-0.39, 0.29) is 27.4 Å². The predicted octanol–water partition coefficient (Wildman–Crippen LogP) is 4.33. The zero-order valence-electron chi connectivity index (χ0n) is 16.9. The minimum absolute atomic E-state index is 0.00823. The standard InChI is InChI=1S/C22H25ClN2O4S/c1-16-15-29-20-9-5-4-8-19(20)25(16)22(26)17-10-11-18(23)21(14-17)30(27,28)24-12-6-2-3-7-13-24/h4-5,8-11,14,16H,2-3,6-7,12-13,15H2,1H3. The molecule has 2 aromatic rings. The summed E-state index contributed by atoms with van der Waals surface area (Å²) in [5.74, 6) is 0.359. The van der Waals surface area contributed by atoms with Crippen LogP contribution in [-0.2, 0) is 10.0 Å². The molecule has 0 spiro atoms. The molecule has 4 rings (SSSR count). The molecule has 0 saturated carbocycles. The SMILES string of the molecule is CC1COc2ccccc2N1C(=O)c1ccc(Cl)c(S(=O)(=O)N2CCCCCC2)c1. The van der Waals surface area contributed by atoms with Crippen molar-refractivity contribution < 1.29 is 17.9 Å². The molecule has 1 saturated heterocycles. The Hall–Kier alpha value is -2.09. The molecule has 1 atom stereocenters. The molecule has 2 aliphatic heterocycles. The maximum atomic E-state index is 13.4. The van der Waals surface area contributed by atoms with Crippen LogP contribution in [0, 0.1) is 0 Å². The Morgan fingerprint density at radius 1 is 1.07 bits per heavy atom. The molecule has 0 bridgehead atoms. The van der Waals surface area contributed by atoms with Crippen molar-refractivity contribution in [2.24, 2.45) is 0 Å². The fraction of sp³-hybridized carbons (Fsp3) is 0.409. The number of hydrogen-bond donors (Lipinski definition) is 0. The first-order chi connectivity index (χ1) is 14.4. The lowest BCUT2D eigenvalue weighted by Crippen LogP contribution is -2.45. The first kappa shape index (κ1) is 21.2. The van der Waals surface area contributed by atoms with Crippen molar-refractivity contribution in [3.05, 3.63) is 53.1 Å². The number of ether oxygens (including phenoxy) is 1. The van der Waals surface area contributed by atoms with E-state index in [9.17, 15) is 13.2 Å². The lowest BCUT2D eigenvalue weighted by molar-refractivity contribution is 0.0961. The second-order valence-corrected chi connectivity index (χ2v) is 10.1. The van der Waals surface area contributed by atoms with Gasteiger partial charge in [-0.25, -0.2) is 8.42 Å². The van der Waals surface area contributed by atoms with Crippen LogP contribution in [0.1, 0.15) is 43.0 Å². The lowest BCUT2D eigenvalue weighted by atomic mass is 10.1. The summed E-state index contributed by atoms with van der Waals surface area (Å²) in [7, 11) is -3.77. The number of para-hydroxylation sites is 2. The average Bonchev–Trinajstić information content (AvgIpc) is 3.04. The van der Waals surface area contributed by atoms with Crippen molar-refractivity contribution in [1.29, 1.82) is 0 Å². The number of anilines is 1. The van der Waals surface area contributed by atoms with Gasteiger partial charge in [0.15, 0.2) is 0 Å². The number of carbonyl (C=O) groups excluding carboxylic acids is 1. The van der Waals surface area contributed by atoms with Crippen LogP contribution in [0.5, 0.6) is 5.75 Å². The van der Waals surface area contributed by atoms with Gasteiger partial charge < -0.3 is 4.74 Å². The smallest absolute Gasteiger partial charge is 0.258 e. The maximum Gasteiger partial charge on any atom is 0.258 e. The van der Waals surface area contributed by atoms with Gasteiger partial charge >= 0.3 is 0 Å². The van der Waals surface area contributed by atoms with E-state index < -0.39 is 10.0 Å². The van der Waals surface area contributed by atoms with E-state index >= 15 is 0 Å². The summed E-state index contributed by atoms with van der Waals surface area (Å²) < 4.78 is 33.8. The van der Waals surface area contributed by atoms with Crippen molar-refractivity contribution in [3.8, 4) is 5.75 Å². The third-order valence-electron chi connectivity index (χ3n) is 5.63. The predicted molar refractivity (Wildman–Crippen MR) is 117 cm³/mol. The molecule has 2 heterocycles. The van der Waals surface area contributed by atoms with Gasteiger partial charge in [0.25, 0.3) is 5.91 Å². The minimum atomic E-state index is -3.77. The summed E-state index contributed by atoms with van der Waals surface area (Å²) in [5.41, 5.74) is 0.962. The molecule has 0 aliphatic carbocycles. The normalized spacial score (nSPS) is 20.2. The molecule has 2 aliphatic rings. The van der Waals surface area contributed by atoms with Crippen molar-refractivity contribution in [2.45, 2.75) is 43.5 Å². The van der Waals surface area contributed by atoms with Gasteiger partial charge in [-0.3, -0.25) is 9.69 Å². The zero-order valence-corrected chi connectivity index (χ0v) is 18.5. The highest BCUT2D eigenvalue weighted by molar-refractivity contribution is 7.89. The molecule has 1 fully saturated rings. The molecule has 0 radical (unpaired) electrons. The Balaban J connectivity index is 1.71. The number of carbonyl (C=O) groups is 1. The fourth-order valence-electron chi connectivity index (χ4n) is 4.00. The quantitative estimate of drug-likeness (QED) is 0.700. The number of amides is 1. The molecule has 8 heteroatoms. The third-order valence-corrected chi connectivity index (χ3v) is 8.01. The van der Waals surface area contributed by atoms with Gasteiger partial charge in [-0.05, 0) is 50.1 Å². The van der Waals surface area contributed by atoms with E-state index in [0.29, 0.717) is 31.1 Å². The van der Waals surface area contributed by atoms with Crippen LogP contribution in [0.2, 0.25) is 5.02 Å². The summed E-state index contributed by atoms with van der Waals surface area (Å²) in [4.78, 5) is 15.1. The van der Waals surface area contributed by atoms with Crippen molar-refractivity contribution in [3.63, 3.8) is 0 Å². The summed E-state index contributed by atoms with van der Waals surface area (Å²) in [6, 6.07) is 11.6. The van der Waals surface area contributed by atoms with Gasteiger partial charge in [-0.15, -0.1) is 0 Å². The monoisotopic (exact) mass is 448 g/mol. The Bertz CT molecular complexity index is 1050. The molecule has 160 valence electrons. The van der Waals surface area contributed by atoms with E-state index in [1.807, 2.05) is 31.2 Å². The molecule has 0 aromatic heterocycles. The Kier molecular flexibility index (Phi) is 6.04. The van der Waals surface area contributed by atoms with Gasteiger partial charge in [-0.2, -0.15) is 4.31 Å². The highest BCUT2D eigenvalue weighted by Crippen LogP contribution is 2.35. The Morgan fingerprint density at radius 2 is 1.77 bits per heavy atom. The van der Waals surface area contributed by atoms with Crippen LogP contribution in [0.25, 0.3) is 0 Å². The zero-order chi connectivity index (χ0) is 21.3. The third kappa shape index (κ3) is 3.94. The molecule has 1 amide bonds. The largest absolute Gasteiger partial charge is 0.489 e. The number of fused-ring (bicyclic) bond motifs is 1. The first-order valence-electron chi connectivity index (χ1n) is 10.2. The van der Waals surface area contributed by atoms with Crippen molar-refractivity contribution in [2.75, 3.05) is 24.6 Å². The number of halogens is 1. The lowest BCUT2D eigenvalue weighted by Gasteiger charge is -2.35. The van der Waals surface area contributed by atoms with Crippen molar-refractivity contribution >= 4 is 33.2 Å². The van der Waals surface area contributed by atoms with E-state index in [1.54, 1.807) is 11.0 Å². The summed E-state index contributed by atoms with van der Waals surface area (Å²) in [6.45, 7) is 3.23. The van der Waals surface area contributed by atoms with Gasteiger partial charge in [0, 0.05) is 18.7 Å². The van der Waals surface area contributed by atoms with Crippen LogP contribution >= 0.6 is 11.6 Å². The Morgan fingerprint density at radius 3 is 2.50 bits per heavy atom. The maximum absolute atomic E-state index is 13.4. The number of nitrogens with zero attached hydrogens (tertiary/aromatic N) is 2. The van der Waals surface area contributed by atoms with Crippen LogP contribution in [0.15, 0.2) is 47.4 Å². The van der Waals surface area contributed by atoms with Crippen molar-refractivity contribution in [1.82, 2.24) is 4.31 Å². The molecule has 30 heavy (non-hydrogen) atoms. The summed E-state index contributed by atoms with van der Waals surface area (Å²) in [6.07, 6.45) is 3.70. The van der Waals surface area contributed by atoms with Crippen LogP contribution in [0.4, 0.5) is 5.69 Å². The molecular weight excluding hydrogens is 424 g/mol.